The molecule has 0 radical (unpaired) electrons. The van der Waals surface area contributed by atoms with E-state index in [1.165, 1.54) is 38.4 Å². The molecule has 11 nitrogen and oxygen atoms in total. The van der Waals surface area contributed by atoms with Gasteiger partial charge in [0.05, 0.1) is 39.0 Å². The number of carbonyl (C=O) groups excluding carboxylic acids is 2. The van der Waals surface area contributed by atoms with Crippen LogP contribution in [0.25, 0.3) is 10.8 Å². The third kappa shape index (κ3) is 8.73. The molecule has 12 heteroatoms. The summed E-state index contributed by atoms with van der Waals surface area (Å²) in [5, 5.41) is 7.29. The van der Waals surface area contributed by atoms with Crippen LogP contribution in [0.3, 0.4) is 0 Å². The third-order valence-corrected chi connectivity index (χ3v) is 10.2. The van der Waals surface area contributed by atoms with Gasteiger partial charge in [-0.3, -0.25) is 14.1 Å². The number of ether oxygens (including phenoxy) is 3. The smallest absolute Gasteiger partial charge is 0.458 e. The maximum absolute atomic E-state index is 13.5. The maximum Gasteiger partial charge on any atom is 0.458 e. The molecule has 0 saturated heterocycles. The Morgan fingerprint density at radius 3 is 2.29 bits per heavy atom. The second-order valence-electron chi connectivity index (χ2n) is 12.1. The van der Waals surface area contributed by atoms with Gasteiger partial charge in [-0.05, 0) is 80.8 Å². The van der Waals surface area contributed by atoms with Gasteiger partial charge >= 0.3 is 7.75 Å². The first kappa shape index (κ1) is 35.7. The molecule has 5 rings (SSSR count). The van der Waals surface area contributed by atoms with E-state index < -0.39 is 19.7 Å². The van der Waals surface area contributed by atoms with Crippen LogP contribution in [0.1, 0.15) is 76.9 Å². The van der Waals surface area contributed by atoms with Crippen LogP contribution in [0.2, 0.25) is 0 Å². The number of nitrogens with one attached hydrogen (secondary N) is 2. The lowest BCUT2D eigenvalue weighted by Gasteiger charge is -2.22. The van der Waals surface area contributed by atoms with Gasteiger partial charge in [0.1, 0.15) is 23.0 Å². The average molecular weight is 690 g/mol. The summed E-state index contributed by atoms with van der Waals surface area (Å²) >= 11 is 0. The number of fused-ring (bicyclic) bond motifs is 1. The van der Waals surface area contributed by atoms with E-state index in [4.69, 9.17) is 29.0 Å². The molecule has 2 unspecified atom stereocenters. The Kier molecular flexibility index (Phi) is 11.8. The fourth-order valence-electron chi connectivity index (χ4n) is 6.04. The number of benzene rings is 4. The first-order chi connectivity index (χ1) is 23.6. The standard InChI is InChI=1S/C37H44N3O8P/c1-24(27-16-19-33(32(20-27)36(38)41)46-22-25-10-6-5-7-11-25)40-37(42)26-14-17-29(18-15-26)48-49(43,39-2)47-23-28-21-34(44-3)30-12-8-9-13-31(30)35(28)45-4/h8-9,12-21,24-25H,5-7,10-11,22-23H2,1-4H3,(H2,38,41)(H,39,43)(H,40,42). The van der Waals surface area contributed by atoms with Crippen molar-refractivity contribution in [1.29, 1.82) is 0 Å². The summed E-state index contributed by atoms with van der Waals surface area (Å²) in [4.78, 5) is 25.4. The zero-order valence-corrected chi connectivity index (χ0v) is 29.2. The highest BCUT2D eigenvalue weighted by Crippen LogP contribution is 2.46. The predicted molar refractivity (Wildman–Crippen MR) is 188 cm³/mol. The van der Waals surface area contributed by atoms with Crippen molar-refractivity contribution < 1.29 is 37.4 Å². The Morgan fingerprint density at radius 1 is 0.918 bits per heavy atom. The number of hydrogen-bond acceptors (Lipinski definition) is 8. The van der Waals surface area contributed by atoms with E-state index in [0.717, 1.165) is 23.6 Å². The van der Waals surface area contributed by atoms with Crippen molar-refractivity contribution in [3.8, 4) is 23.0 Å². The fourth-order valence-corrected chi connectivity index (χ4v) is 7.03. The van der Waals surface area contributed by atoms with Crippen LogP contribution in [0, 0.1) is 5.92 Å². The van der Waals surface area contributed by atoms with Crippen molar-refractivity contribution in [2.24, 2.45) is 11.7 Å². The SMILES string of the molecule is CNP(=O)(OCc1cc(OC)c2ccccc2c1OC)Oc1ccc(C(=O)NC(C)c2ccc(OCC3CCCCC3)c(C(N)=O)c2)cc1. The van der Waals surface area contributed by atoms with Crippen molar-refractivity contribution in [2.75, 3.05) is 27.9 Å². The molecule has 1 fully saturated rings. The molecule has 2 amide bonds. The van der Waals surface area contributed by atoms with E-state index in [9.17, 15) is 14.2 Å². The lowest BCUT2D eigenvalue weighted by molar-refractivity contribution is 0.0939. The van der Waals surface area contributed by atoms with Gasteiger partial charge in [-0.2, -0.15) is 0 Å². The number of primary amides is 1. The van der Waals surface area contributed by atoms with Gasteiger partial charge in [0.25, 0.3) is 11.8 Å². The Morgan fingerprint density at radius 2 is 1.63 bits per heavy atom. The van der Waals surface area contributed by atoms with Gasteiger partial charge in [0, 0.05) is 21.9 Å². The van der Waals surface area contributed by atoms with Crippen LogP contribution < -0.4 is 34.9 Å². The molecule has 49 heavy (non-hydrogen) atoms. The first-order valence-corrected chi connectivity index (χ1v) is 17.9. The van der Waals surface area contributed by atoms with Gasteiger partial charge in [0.15, 0.2) is 0 Å². The zero-order valence-electron chi connectivity index (χ0n) is 28.3. The molecule has 2 atom stereocenters. The van der Waals surface area contributed by atoms with Crippen LogP contribution in [-0.4, -0.2) is 39.7 Å². The monoisotopic (exact) mass is 689 g/mol. The second kappa shape index (κ2) is 16.2. The van der Waals surface area contributed by atoms with Crippen molar-refractivity contribution in [1.82, 2.24) is 10.4 Å². The van der Waals surface area contributed by atoms with E-state index in [2.05, 4.69) is 10.4 Å². The number of carbonyl (C=O) groups is 2. The summed E-state index contributed by atoms with van der Waals surface area (Å²) in [6.07, 6.45) is 5.91. The Labute approximate surface area is 287 Å². The maximum atomic E-state index is 13.5. The summed E-state index contributed by atoms with van der Waals surface area (Å²) in [5.41, 5.74) is 7.66. The highest BCUT2D eigenvalue weighted by molar-refractivity contribution is 7.52. The van der Waals surface area contributed by atoms with Crippen molar-refractivity contribution >= 4 is 30.3 Å². The molecule has 0 aromatic heterocycles. The normalized spacial score (nSPS) is 15.2. The van der Waals surface area contributed by atoms with Gasteiger partial charge < -0.3 is 29.8 Å². The molecule has 1 aliphatic carbocycles. The second-order valence-corrected chi connectivity index (χ2v) is 13.9. The molecule has 0 aliphatic heterocycles. The quantitative estimate of drug-likeness (QED) is 0.109. The lowest BCUT2D eigenvalue weighted by Crippen LogP contribution is -2.27. The van der Waals surface area contributed by atoms with Gasteiger partial charge in [0.2, 0.25) is 0 Å². The Hall–Kier alpha value is -4.57. The van der Waals surface area contributed by atoms with Crippen LogP contribution in [0.15, 0.2) is 72.8 Å². The van der Waals surface area contributed by atoms with Gasteiger partial charge in [-0.25, -0.2) is 9.65 Å². The molecule has 0 bridgehead atoms. The number of amides is 2. The van der Waals surface area contributed by atoms with Crippen LogP contribution >= 0.6 is 7.75 Å². The van der Waals surface area contributed by atoms with Crippen LogP contribution in [-0.2, 0) is 15.7 Å². The molecule has 4 aromatic rings. The Balaban J connectivity index is 1.21. The average Bonchev–Trinajstić information content (AvgIpc) is 3.13. The molecule has 4 N–H and O–H groups in total. The topological polar surface area (TPSA) is 147 Å². The summed E-state index contributed by atoms with van der Waals surface area (Å²) in [6.45, 7) is 2.28. The molecule has 1 aliphatic rings. The van der Waals surface area contributed by atoms with Gasteiger partial charge in [-0.1, -0.05) is 49.6 Å². The van der Waals surface area contributed by atoms with E-state index in [1.54, 1.807) is 44.6 Å². The minimum absolute atomic E-state index is 0.0913. The van der Waals surface area contributed by atoms with E-state index >= 15 is 0 Å². The molecule has 1 saturated carbocycles. The number of rotatable bonds is 15. The largest absolute Gasteiger partial charge is 0.496 e. The van der Waals surface area contributed by atoms with Crippen molar-refractivity contribution in [3.05, 3.63) is 95.1 Å². The van der Waals surface area contributed by atoms with Crippen molar-refractivity contribution in [2.45, 2.75) is 51.7 Å². The molecule has 0 heterocycles. The third-order valence-electron chi connectivity index (χ3n) is 8.78. The summed E-state index contributed by atoms with van der Waals surface area (Å²) in [7, 11) is 0.786. The van der Waals surface area contributed by atoms with E-state index in [0.29, 0.717) is 46.5 Å². The molecule has 4 aromatic carbocycles. The summed E-state index contributed by atoms with van der Waals surface area (Å²) < 4.78 is 42.3. The summed E-state index contributed by atoms with van der Waals surface area (Å²) in [6, 6.07) is 20.4. The van der Waals surface area contributed by atoms with Crippen LogP contribution in [0.5, 0.6) is 23.0 Å². The number of hydrogen-bond donors (Lipinski definition) is 3. The molecular formula is C37H44N3O8P. The predicted octanol–water partition coefficient (Wildman–Crippen LogP) is 7.33. The summed E-state index contributed by atoms with van der Waals surface area (Å²) in [5.74, 6) is 1.44. The highest BCUT2D eigenvalue weighted by Gasteiger charge is 2.26. The highest BCUT2D eigenvalue weighted by atomic mass is 31.2. The van der Waals surface area contributed by atoms with Gasteiger partial charge in [-0.15, -0.1) is 0 Å². The first-order valence-electron chi connectivity index (χ1n) is 16.4. The van der Waals surface area contributed by atoms with Crippen molar-refractivity contribution in [3.63, 3.8) is 0 Å². The van der Waals surface area contributed by atoms with E-state index in [-0.39, 0.29) is 23.8 Å². The fraction of sp³-hybridized carbons (Fsp3) is 0.351. The van der Waals surface area contributed by atoms with E-state index in [1.807, 2.05) is 37.3 Å². The zero-order chi connectivity index (χ0) is 35.0. The minimum Gasteiger partial charge on any atom is -0.496 e. The Bertz CT molecular complexity index is 1820. The molecule has 260 valence electrons. The molecular weight excluding hydrogens is 645 g/mol. The number of methoxy groups -OCH3 is 2. The van der Waals surface area contributed by atoms with Crippen LogP contribution in [0.4, 0.5) is 0 Å². The molecule has 0 spiro atoms. The number of nitrogens with two attached hydrogens (primary N) is 1. The minimum atomic E-state index is -3.83. The lowest BCUT2D eigenvalue weighted by atomic mass is 9.90.